The van der Waals surface area contributed by atoms with Gasteiger partial charge < -0.3 is 0 Å². The van der Waals surface area contributed by atoms with Gasteiger partial charge in [0.1, 0.15) is 0 Å². The molecule has 0 saturated heterocycles. The van der Waals surface area contributed by atoms with Crippen LogP contribution in [-0.2, 0) is 0 Å². The Morgan fingerprint density at radius 2 is 1.16 bits per heavy atom. The van der Waals surface area contributed by atoms with Crippen molar-refractivity contribution in [3.8, 4) is 0 Å². The van der Waals surface area contributed by atoms with Gasteiger partial charge in [0.05, 0.1) is 0 Å². The SMILES string of the molecule is CC.CC.Cc1cccc2c1Sc1ccccc1S2. The first-order chi connectivity index (χ1) is 9.34. The molecule has 0 nitrogen and oxygen atoms in total. The molecule has 2 aromatic carbocycles. The fourth-order valence-corrected chi connectivity index (χ4v) is 4.07. The van der Waals surface area contributed by atoms with Gasteiger partial charge in [0.2, 0.25) is 0 Å². The molecule has 2 heteroatoms. The Hall–Kier alpha value is -0.860. The molecule has 0 aromatic heterocycles. The molecule has 1 aliphatic heterocycles. The summed E-state index contributed by atoms with van der Waals surface area (Å²) in [4.78, 5) is 5.56. The number of rotatable bonds is 0. The molecular weight excluding hydrogens is 268 g/mol. The first kappa shape index (κ1) is 16.2. The first-order valence-corrected chi connectivity index (χ1v) is 8.52. The smallest absolute Gasteiger partial charge is 0.0291 e. The number of hydrogen-bond acceptors (Lipinski definition) is 2. The topological polar surface area (TPSA) is 0 Å². The van der Waals surface area contributed by atoms with Gasteiger partial charge >= 0.3 is 0 Å². The summed E-state index contributed by atoms with van der Waals surface area (Å²) in [6.45, 7) is 10.2. The summed E-state index contributed by atoms with van der Waals surface area (Å²) in [5.41, 5.74) is 1.37. The van der Waals surface area contributed by atoms with Crippen LogP contribution < -0.4 is 0 Å². The third-order valence-electron chi connectivity index (χ3n) is 2.46. The molecule has 1 heterocycles. The quantitative estimate of drug-likeness (QED) is 0.454. The monoisotopic (exact) mass is 290 g/mol. The van der Waals surface area contributed by atoms with E-state index in [0.717, 1.165) is 0 Å². The van der Waals surface area contributed by atoms with Crippen LogP contribution in [0.4, 0.5) is 0 Å². The van der Waals surface area contributed by atoms with Crippen molar-refractivity contribution in [3.63, 3.8) is 0 Å². The minimum absolute atomic E-state index is 1.37. The minimum atomic E-state index is 1.37. The lowest BCUT2D eigenvalue weighted by Gasteiger charge is -2.19. The van der Waals surface area contributed by atoms with Gasteiger partial charge in [-0.2, -0.15) is 0 Å². The van der Waals surface area contributed by atoms with Gasteiger partial charge in [-0.15, -0.1) is 0 Å². The van der Waals surface area contributed by atoms with Crippen LogP contribution in [0.5, 0.6) is 0 Å². The summed E-state index contributed by atoms with van der Waals surface area (Å²) in [6.07, 6.45) is 0. The third-order valence-corrected chi connectivity index (χ3v) is 5.17. The maximum absolute atomic E-state index is 2.20. The number of fused-ring (bicyclic) bond motifs is 2. The van der Waals surface area contributed by atoms with Crippen molar-refractivity contribution in [1.82, 2.24) is 0 Å². The fraction of sp³-hybridized carbons (Fsp3) is 0.294. The van der Waals surface area contributed by atoms with Crippen molar-refractivity contribution in [2.24, 2.45) is 0 Å². The Kier molecular flexibility index (Phi) is 7.11. The molecule has 102 valence electrons. The van der Waals surface area contributed by atoms with E-state index in [0.29, 0.717) is 0 Å². The molecular formula is C17H22S2. The zero-order valence-electron chi connectivity index (χ0n) is 12.4. The van der Waals surface area contributed by atoms with Gasteiger partial charge in [0.15, 0.2) is 0 Å². The van der Waals surface area contributed by atoms with Gasteiger partial charge in [0, 0.05) is 19.6 Å². The Balaban J connectivity index is 0.000000415. The summed E-state index contributed by atoms with van der Waals surface area (Å²) in [5, 5.41) is 0. The first-order valence-electron chi connectivity index (χ1n) is 6.89. The second-order valence-electron chi connectivity index (χ2n) is 3.55. The Morgan fingerprint density at radius 1 is 0.632 bits per heavy atom. The van der Waals surface area contributed by atoms with Gasteiger partial charge in [-0.1, -0.05) is 75.5 Å². The van der Waals surface area contributed by atoms with Crippen LogP contribution >= 0.6 is 23.5 Å². The molecule has 0 amide bonds. The third kappa shape index (κ3) is 3.80. The molecule has 0 aliphatic carbocycles. The summed E-state index contributed by atoms with van der Waals surface area (Å²) in [5.74, 6) is 0. The Bertz CT molecular complexity index is 518. The van der Waals surface area contributed by atoms with Gasteiger partial charge in [-0.25, -0.2) is 0 Å². The van der Waals surface area contributed by atoms with Crippen molar-refractivity contribution in [1.29, 1.82) is 0 Å². The van der Waals surface area contributed by atoms with E-state index in [2.05, 4.69) is 49.4 Å². The minimum Gasteiger partial charge on any atom is -0.0877 e. The second-order valence-corrected chi connectivity index (χ2v) is 5.69. The average molecular weight is 290 g/mol. The van der Waals surface area contributed by atoms with Gasteiger partial charge in [-0.3, -0.25) is 0 Å². The molecule has 0 radical (unpaired) electrons. The summed E-state index contributed by atoms with van der Waals surface area (Å²) in [6, 6.07) is 15.1. The molecule has 19 heavy (non-hydrogen) atoms. The normalized spacial score (nSPS) is 11.0. The van der Waals surface area contributed by atoms with Crippen molar-refractivity contribution >= 4 is 23.5 Å². The summed E-state index contributed by atoms with van der Waals surface area (Å²) in [7, 11) is 0. The van der Waals surface area contributed by atoms with Gasteiger partial charge in [-0.05, 0) is 30.7 Å². The molecule has 0 bridgehead atoms. The van der Waals surface area contributed by atoms with E-state index in [1.54, 1.807) is 0 Å². The molecule has 1 aliphatic rings. The summed E-state index contributed by atoms with van der Waals surface area (Å²) < 4.78 is 0. The highest BCUT2D eigenvalue weighted by molar-refractivity contribution is 8.05. The van der Waals surface area contributed by atoms with E-state index in [1.165, 1.54) is 25.1 Å². The highest BCUT2D eigenvalue weighted by atomic mass is 32.2. The zero-order chi connectivity index (χ0) is 14.3. The number of aryl methyl sites for hydroxylation is 1. The highest BCUT2D eigenvalue weighted by Crippen LogP contribution is 2.49. The van der Waals surface area contributed by atoms with E-state index in [-0.39, 0.29) is 0 Å². The molecule has 0 spiro atoms. The predicted molar refractivity (Wildman–Crippen MR) is 88.6 cm³/mol. The fourth-order valence-electron chi connectivity index (χ4n) is 1.68. The number of benzene rings is 2. The van der Waals surface area contributed by atoms with E-state index in [4.69, 9.17) is 0 Å². The number of hydrogen-bond donors (Lipinski definition) is 0. The Labute approximate surface area is 126 Å². The molecule has 0 fully saturated rings. The molecule has 2 aromatic rings. The largest absolute Gasteiger partial charge is 0.0877 e. The standard InChI is InChI=1S/C13H10S2.2C2H6/c1-9-5-4-8-12-13(9)15-11-7-3-2-6-10(11)14-12;2*1-2/h2-8H,1H3;2*1-2H3. The lowest BCUT2D eigenvalue weighted by molar-refractivity contribution is 1.12. The van der Waals surface area contributed by atoms with E-state index in [1.807, 2.05) is 51.2 Å². The maximum atomic E-state index is 2.20. The van der Waals surface area contributed by atoms with Crippen molar-refractivity contribution < 1.29 is 0 Å². The average Bonchev–Trinajstić information content (AvgIpc) is 2.50. The van der Waals surface area contributed by atoms with Crippen LogP contribution in [0, 0.1) is 6.92 Å². The zero-order valence-corrected chi connectivity index (χ0v) is 14.0. The Morgan fingerprint density at radius 3 is 1.79 bits per heavy atom. The van der Waals surface area contributed by atoms with E-state index >= 15 is 0 Å². The van der Waals surface area contributed by atoms with Crippen molar-refractivity contribution in [2.45, 2.75) is 54.2 Å². The molecule has 0 saturated carbocycles. The molecule has 0 N–H and O–H groups in total. The van der Waals surface area contributed by atoms with Crippen LogP contribution in [0.25, 0.3) is 0 Å². The lowest BCUT2D eigenvalue weighted by Crippen LogP contribution is -1.90. The van der Waals surface area contributed by atoms with Crippen LogP contribution in [0.3, 0.4) is 0 Å². The van der Waals surface area contributed by atoms with Crippen LogP contribution in [-0.4, -0.2) is 0 Å². The molecule has 3 rings (SSSR count). The lowest BCUT2D eigenvalue weighted by atomic mass is 10.2. The molecule has 0 atom stereocenters. The maximum Gasteiger partial charge on any atom is 0.0291 e. The van der Waals surface area contributed by atoms with Crippen LogP contribution in [0.1, 0.15) is 33.3 Å². The van der Waals surface area contributed by atoms with Crippen LogP contribution in [0.15, 0.2) is 62.0 Å². The van der Waals surface area contributed by atoms with Crippen molar-refractivity contribution in [3.05, 3.63) is 48.0 Å². The molecule has 0 unspecified atom stereocenters. The highest BCUT2D eigenvalue weighted by Gasteiger charge is 2.17. The van der Waals surface area contributed by atoms with E-state index in [9.17, 15) is 0 Å². The van der Waals surface area contributed by atoms with E-state index < -0.39 is 0 Å². The van der Waals surface area contributed by atoms with Crippen LogP contribution in [0.2, 0.25) is 0 Å². The van der Waals surface area contributed by atoms with Crippen molar-refractivity contribution in [2.75, 3.05) is 0 Å². The second kappa shape index (κ2) is 8.34. The van der Waals surface area contributed by atoms with Gasteiger partial charge in [0.25, 0.3) is 0 Å². The predicted octanol–water partition coefficient (Wildman–Crippen LogP) is 6.66. The summed E-state index contributed by atoms with van der Waals surface area (Å²) >= 11 is 3.76.